The molecule has 114 valence electrons. The molecule has 0 aliphatic carbocycles. The Balaban J connectivity index is 1.99. The molecule has 0 unspecified atom stereocenters. The number of aryl methyl sites for hydroxylation is 1. The van der Waals surface area contributed by atoms with Crippen LogP contribution in [0.3, 0.4) is 0 Å². The molecule has 0 saturated carbocycles. The van der Waals surface area contributed by atoms with Crippen molar-refractivity contribution in [3.05, 3.63) is 42.0 Å². The molecule has 1 aromatic carbocycles. The molecule has 0 atom stereocenters. The van der Waals surface area contributed by atoms with Crippen LogP contribution in [-0.4, -0.2) is 36.8 Å². The van der Waals surface area contributed by atoms with Gasteiger partial charge < -0.3 is 5.32 Å². The Morgan fingerprint density at radius 1 is 1.38 bits per heavy atom. The highest BCUT2D eigenvalue weighted by molar-refractivity contribution is 7.90. The number of hydrogen-bond donors (Lipinski definition) is 1. The monoisotopic (exact) mass is 311 g/mol. The highest BCUT2D eigenvalue weighted by Crippen LogP contribution is 2.18. The summed E-state index contributed by atoms with van der Waals surface area (Å²) in [6, 6.07) is 4.77. The second kappa shape index (κ2) is 6.26. The van der Waals surface area contributed by atoms with Gasteiger partial charge in [0.05, 0.1) is 11.9 Å². The molecule has 1 aromatic heterocycles. The van der Waals surface area contributed by atoms with Crippen LogP contribution in [0.2, 0.25) is 0 Å². The standard InChI is InChI=1S/C14H18FN3O2S/c1-11-9-17-18(10-11)14-5-4-12(8-13(14)15)16-6-3-7-21(2,19)20/h4-5,8-10,16H,3,6-7H2,1-2H3. The van der Waals surface area contributed by atoms with Crippen LogP contribution >= 0.6 is 0 Å². The van der Waals surface area contributed by atoms with Gasteiger partial charge in [0.15, 0.2) is 5.82 Å². The summed E-state index contributed by atoms with van der Waals surface area (Å²) >= 11 is 0. The first-order valence-corrected chi connectivity index (χ1v) is 8.64. The molecule has 0 saturated heterocycles. The van der Waals surface area contributed by atoms with Crippen LogP contribution in [-0.2, 0) is 9.84 Å². The third-order valence-corrected chi connectivity index (χ3v) is 3.96. The smallest absolute Gasteiger partial charge is 0.150 e. The predicted octanol–water partition coefficient (Wildman–Crippen LogP) is 2.17. The van der Waals surface area contributed by atoms with Crippen LogP contribution in [0.1, 0.15) is 12.0 Å². The molecule has 5 nitrogen and oxygen atoms in total. The summed E-state index contributed by atoms with van der Waals surface area (Å²) in [5.41, 5.74) is 1.95. The van der Waals surface area contributed by atoms with Gasteiger partial charge in [0.1, 0.15) is 15.5 Å². The highest BCUT2D eigenvalue weighted by Gasteiger charge is 2.07. The summed E-state index contributed by atoms with van der Waals surface area (Å²) in [5.74, 6) is -0.265. The van der Waals surface area contributed by atoms with E-state index in [1.165, 1.54) is 17.0 Å². The Bertz CT molecular complexity index is 726. The molecule has 21 heavy (non-hydrogen) atoms. The van der Waals surface area contributed by atoms with E-state index < -0.39 is 9.84 Å². The normalized spacial score (nSPS) is 11.6. The van der Waals surface area contributed by atoms with Gasteiger partial charge >= 0.3 is 0 Å². The van der Waals surface area contributed by atoms with Gasteiger partial charge in [0, 0.05) is 24.7 Å². The van der Waals surface area contributed by atoms with Gasteiger partial charge in [-0.2, -0.15) is 5.10 Å². The minimum absolute atomic E-state index is 0.118. The van der Waals surface area contributed by atoms with E-state index in [1.807, 2.05) is 6.92 Å². The van der Waals surface area contributed by atoms with Crippen molar-refractivity contribution < 1.29 is 12.8 Å². The number of nitrogens with one attached hydrogen (secondary N) is 1. The number of rotatable bonds is 6. The minimum atomic E-state index is -2.95. The molecule has 0 radical (unpaired) electrons. The number of hydrogen-bond acceptors (Lipinski definition) is 4. The van der Waals surface area contributed by atoms with Crippen LogP contribution in [0.5, 0.6) is 0 Å². The number of nitrogens with zero attached hydrogens (tertiary/aromatic N) is 2. The van der Waals surface area contributed by atoms with Gasteiger partial charge in [-0.1, -0.05) is 0 Å². The molecular formula is C14H18FN3O2S. The molecule has 0 aliphatic heterocycles. The maximum absolute atomic E-state index is 14.0. The predicted molar refractivity (Wildman–Crippen MR) is 81.1 cm³/mol. The van der Waals surface area contributed by atoms with Gasteiger partial charge in [-0.3, -0.25) is 0 Å². The van der Waals surface area contributed by atoms with Crippen LogP contribution < -0.4 is 5.32 Å². The van der Waals surface area contributed by atoms with Crippen molar-refractivity contribution in [1.29, 1.82) is 0 Å². The van der Waals surface area contributed by atoms with Crippen molar-refractivity contribution in [2.45, 2.75) is 13.3 Å². The number of anilines is 1. The minimum Gasteiger partial charge on any atom is -0.385 e. The van der Waals surface area contributed by atoms with E-state index in [0.29, 0.717) is 24.3 Å². The largest absolute Gasteiger partial charge is 0.385 e. The molecule has 0 bridgehead atoms. The quantitative estimate of drug-likeness (QED) is 0.830. The average Bonchev–Trinajstić information content (AvgIpc) is 2.80. The summed E-state index contributed by atoms with van der Waals surface area (Å²) in [6.07, 6.45) is 5.10. The Kier molecular flexibility index (Phi) is 4.62. The molecular weight excluding hydrogens is 293 g/mol. The zero-order valence-electron chi connectivity index (χ0n) is 12.0. The van der Waals surface area contributed by atoms with E-state index in [4.69, 9.17) is 0 Å². The maximum Gasteiger partial charge on any atom is 0.150 e. The molecule has 0 fully saturated rings. The fourth-order valence-electron chi connectivity index (χ4n) is 1.91. The first kappa shape index (κ1) is 15.5. The number of aromatic nitrogens is 2. The Labute approximate surface area is 123 Å². The molecule has 0 amide bonds. The third kappa shape index (κ3) is 4.56. The Morgan fingerprint density at radius 2 is 2.14 bits per heavy atom. The number of benzene rings is 1. The fourth-order valence-corrected chi connectivity index (χ4v) is 2.58. The molecule has 7 heteroatoms. The molecule has 2 rings (SSSR count). The van der Waals surface area contributed by atoms with Crippen molar-refractivity contribution >= 4 is 15.5 Å². The summed E-state index contributed by atoms with van der Waals surface area (Å²) in [6.45, 7) is 2.37. The zero-order valence-corrected chi connectivity index (χ0v) is 12.8. The Morgan fingerprint density at radius 3 is 2.71 bits per heavy atom. The van der Waals surface area contributed by atoms with E-state index in [-0.39, 0.29) is 11.6 Å². The lowest BCUT2D eigenvalue weighted by Crippen LogP contribution is -2.10. The van der Waals surface area contributed by atoms with Gasteiger partial charge in [-0.25, -0.2) is 17.5 Å². The first-order valence-electron chi connectivity index (χ1n) is 6.58. The van der Waals surface area contributed by atoms with Crippen LogP contribution in [0, 0.1) is 12.7 Å². The Hall–Kier alpha value is -1.89. The summed E-state index contributed by atoms with van der Waals surface area (Å²) in [4.78, 5) is 0. The van der Waals surface area contributed by atoms with E-state index in [9.17, 15) is 12.8 Å². The number of sulfone groups is 1. The van der Waals surface area contributed by atoms with Crippen molar-refractivity contribution in [3.63, 3.8) is 0 Å². The summed E-state index contributed by atoms with van der Waals surface area (Å²) in [5, 5.41) is 7.08. The van der Waals surface area contributed by atoms with Gasteiger partial charge in [0.25, 0.3) is 0 Å². The molecule has 0 spiro atoms. The second-order valence-corrected chi connectivity index (χ2v) is 7.30. The van der Waals surface area contributed by atoms with E-state index >= 15 is 0 Å². The summed E-state index contributed by atoms with van der Waals surface area (Å²) in [7, 11) is -2.95. The number of halogens is 1. The van der Waals surface area contributed by atoms with Crippen LogP contribution in [0.25, 0.3) is 5.69 Å². The lowest BCUT2D eigenvalue weighted by atomic mass is 10.2. The van der Waals surface area contributed by atoms with Gasteiger partial charge in [0.2, 0.25) is 0 Å². The van der Waals surface area contributed by atoms with Crippen molar-refractivity contribution in [3.8, 4) is 5.69 Å². The van der Waals surface area contributed by atoms with Gasteiger partial charge in [-0.15, -0.1) is 0 Å². The SMILES string of the molecule is Cc1cnn(-c2ccc(NCCCS(C)(=O)=O)cc2F)c1. The van der Waals surface area contributed by atoms with Crippen LogP contribution in [0.4, 0.5) is 10.1 Å². The second-order valence-electron chi connectivity index (χ2n) is 5.04. The molecule has 2 aromatic rings. The lowest BCUT2D eigenvalue weighted by Gasteiger charge is -2.08. The first-order chi connectivity index (χ1) is 9.85. The van der Waals surface area contributed by atoms with E-state index in [2.05, 4.69) is 10.4 Å². The highest BCUT2D eigenvalue weighted by atomic mass is 32.2. The third-order valence-electron chi connectivity index (χ3n) is 2.93. The summed E-state index contributed by atoms with van der Waals surface area (Å²) < 4.78 is 37.5. The average molecular weight is 311 g/mol. The lowest BCUT2D eigenvalue weighted by molar-refractivity contribution is 0.599. The van der Waals surface area contributed by atoms with Crippen molar-refractivity contribution in [1.82, 2.24) is 9.78 Å². The topological polar surface area (TPSA) is 64.0 Å². The zero-order chi connectivity index (χ0) is 15.5. The van der Waals surface area contributed by atoms with Crippen LogP contribution in [0.15, 0.2) is 30.6 Å². The van der Waals surface area contributed by atoms with E-state index in [1.54, 1.807) is 24.5 Å². The van der Waals surface area contributed by atoms with Gasteiger partial charge in [-0.05, 0) is 37.1 Å². The molecule has 1 heterocycles. The maximum atomic E-state index is 14.0. The van der Waals surface area contributed by atoms with Crippen molar-refractivity contribution in [2.24, 2.45) is 0 Å². The fraction of sp³-hybridized carbons (Fsp3) is 0.357. The molecule has 1 N–H and O–H groups in total. The van der Waals surface area contributed by atoms with E-state index in [0.717, 1.165) is 5.56 Å². The van der Waals surface area contributed by atoms with Crippen molar-refractivity contribution in [2.75, 3.05) is 23.9 Å². The molecule has 0 aliphatic rings.